The molecule has 0 aliphatic carbocycles. The smallest absolute Gasteiger partial charge is 0.406 e. The fourth-order valence-corrected chi connectivity index (χ4v) is 3.12. The zero-order chi connectivity index (χ0) is 18.7. The molecule has 0 aromatic heterocycles. The Labute approximate surface area is 148 Å². The molecule has 0 radical (unpaired) electrons. The molecule has 2 aromatic rings. The van der Waals surface area contributed by atoms with E-state index in [1.807, 2.05) is 0 Å². The van der Waals surface area contributed by atoms with Gasteiger partial charge in [0.1, 0.15) is 5.75 Å². The number of nitro benzene ring substituents is 1. The Morgan fingerprint density at radius 3 is 2.23 bits per heavy atom. The quantitative estimate of drug-likeness (QED) is 0.555. The van der Waals surface area contributed by atoms with Crippen LogP contribution in [0.5, 0.6) is 5.75 Å². The minimum absolute atomic E-state index is 0.0589. The molecule has 138 valence electrons. The Hall–Kier alpha value is -2.77. The van der Waals surface area contributed by atoms with Crippen LogP contribution in [-0.2, 0) is 0 Å². The fourth-order valence-electron chi connectivity index (χ4n) is 3.12. The number of rotatable bonds is 4. The lowest BCUT2D eigenvalue weighted by Gasteiger charge is -2.30. The number of alkyl halides is 3. The first-order valence-corrected chi connectivity index (χ1v) is 8.23. The number of non-ortho nitro benzene ring substituents is 1. The molecular weight excluding hydrogens is 349 g/mol. The van der Waals surface area contributed by atoms with Gasteiger partial charge in [0.05, 0.1) is 4.92 Å². The largest absolute Gasteiger partial charge is 0.573 e. The lowest BCUT2D eigenvalue weighted by atomic mass is 10.00. The Morgan fingerprint density at radius 1 is 1.00 bits per heavy atom. The third kappa shape index (κ3) is 4.25. The molecule has 0 bridgehead atoms. The molecule has 1 aliphatic rings. The van der Waals surface area contributed by atoms with Gasteiger partial charge in [0, 0.05) is 36.5 Å². The molecule has 8 heteroatoms. The predicted octanol–water partition coefficient (Wildman–Crippen LogP) is 5.15. The van der Waals surface area contributed by atoms with E-state index in [0.29, 0.717) is 11.1 Å². The van der Waals surface area contributed by atoms with Crippen molar-refractivity contribution < 1.29 is 22.8 Å². The van der Waals surface area contributed by atoms with E-state index in [4.69, 9.17) is 0 Å². The monoisotopic (exact) mass is 366 g/mol. The third-order valence-corrected chi connectivity index (χ3v) is 4.29. The fraction of sp³-hybridized carbons (Fsp3) is 0.333. The van der Waals surface area contributed by atoms with Crippen LogP contribution in [-0.4, -0.2) is 24.4 Å². The molecule has 3 rings (SSSR count). The van der Waals surface area contributed by atoms with E-state index in [2.05, 4.69) is 9.64 Å². The SMILES string of the molecule is O=[N+]([O-])c1ccc(N2CCCCC2)c(-c2ccc(OC(F)(F)F)cc2)c1. The zero-order valence-corrected chi connectivity index (χ0v) is 13.8. The second-order valence-electron chi connectivity index (χ2n) is 6.08. The van der Waals surface area contributed by atoms with Crippen LogP contribution in [0.1, 0.15) is 19.3 Å². The van der Waals surface area contributed by atoms with Gasteiger partial charge in [-0.3, -0.25) is 10.1 Å². The Kier molecular flexibility index (Phi) is 5.01. The molecule has 1 heterocycles. The van der Waals surface area contributed by atoms with Crippen molar-refractivity contribution >= 4 is 11.4 Å². The van der Waals surface area contributed by atoms with Gasteiger partial charge in [-0.2, -0.15) is 0 Å². The van der Waals surface area contributed by atoms with Gasteiger partial charge in [0.25, 0.3) is 5.69 Å². The number of nitro groups is 1. The molecule has 1 fully saturated rings. The van der Waals surface area contributed by atoms with Crippen molar-refractivity contribution in [2.45, 2.75) is 25.6 Å². The predicted molar refractivity (Wildman–Crippen MR) is 91.3 cm³/mol. The summed E-state index contributed by atoms with van der Waals surface area (Å²) >= 11 is 0. The van der Waals surface area contributed by atoms with E-state index in [9.17, 15) is 23.3 Å². The molecule has 2 aromatic carbocycles. The maximum atomic E-state index is 12.3. The third-order valence-electron chi connectivity index (χ3n) is 4.29. The van der Waals surface area contributed by atoms with Crippen molar-refractivity contribution in [2.75, 3.05) is 18.0 Å². The van der Waals surface area contributed by atoms with E-state index in [1.54, 1.807) is 6.07 Å². The number of hydrogen-bond donors (Lipinski definition) is 0. The number of nitrogens with zero attached hydrogens (tertiary/aromatic N) is 2. The van der Waals surface area contributed by atoms with Crippen LogP contribution in [0, 0.1) is 10.1 Å². The lowest BCUT2D eigenvalue weighted by Crippen LogP contribution is -2.29. The normalized spacial score (nSPS) is 15.0. The highest BCUT2D eigenvalue weighted by molar-refractivity contribution is 5.81. The number of piperidine rings is 1. The molecule has 1 aliphatic heterocycles. The second kappa shape index (κ2) is 7.23. The second-order valence-corrected chi connectivity index (χ2v) is 6.08. The minimum Gasteiger partial charge on any atom is -0.406 e. The highest BCUT2D eigenvalue weighted by Crippen LogP contribution is 2.36. The van der Waals surface area contributed by atoms with Gasteiger partial charge >= 0.3 is 6.36 Å². The Balaban J connectivity index is 1.98. The summed E-state index contributed by atoms with van der Waals surface area (Å²) < 4.78 is 40.8. The summed E-state index contributed by atoms with van der Waals surface area (Å²) in [5, 5.41) is 11.1. The maximum absolute atomic E-state index is 12.3. The van der Waals surface area contributed by atoms with E-state index < -0.39 is 11.3 Å². The average Bonchev–Trinajstić information content (AvgIpc) is 2.61. The van der Waals surface area contributed by atoms with Crippen LogP contribution in [0.4, 0.5) is 24.5 Å². The van der Waals surface area contributed by atoms with Gasteiger partial charge < -0.3 is 9.64 Å². The first-order chi connectivity index (χ1) is 12.3. The van der Waals surface area contributed by atoms with Gasteiger partial charge in [-0.1, -0.05) is 12.1 Å². The van der Waals surface area contributed by atoms with Crippen LogP contribution in [0.25, 0.3) is 11.1 Å². The van der Waals surface area contributed by atoms with Crippen molar-refractivity contribution in [1.82, 2.24) is 0 Å². The first kappa shape index (κ1) is 18.0. The van der Waals surface area contributed by atoms with E-state index in [1.165, 1.54) is 36.4 Å². The summed E-state index contributed by atoms with van der Waals surface area (Å²) in [4.78, 5) is 12.8. The molecule has 0 N–H and O–H groups in total. The van der Waals surface area contributed by atoms with Gasteiger partial charge in [-0.25, -0.2) is 0 Å². The van der Waals surface area contributed by atoms with Gasteiger partial charge in [-0.15, -0.1) is 13.2 Å². The number of ether oxygens (including phenoxy) is 1. The summed E-state index contributed by atoms with van der Waals surface area (Å²) in [5.74, 6) is -0.328. The summed E-state index contributed by atoms with van der Waals surface area (Å²) in [6.45, 7) is 1.69. The molecule has 26 heavy (non-hydrogen) atoms. The summed E-state index contributed by atoms with van der Waals surface area (Å²) in [6, 6.07) is 10.0. The van der Waals surface area contributed by atoms with Crippen molar-refractivity contribution in [3.05, 3.63) is 52.6 Å². The van der Waals surface area contributed by atoms with Crippen LogP contribution in [0.3, 0.4) is 0 Å². The lowest BCUT2D eigenvalue weighted by molar-refractivity contribution is -0.384. The van der Waals surface area contributed by atoms with Crippen LogP contribution in [0.2, 0.25) is 0 Å². The molecule has 0 unspecified atom stereocenters. The maximum Gasteiger partial charge on any atom is 0.573 e. The molecule has 0 atom stereocenters. The highest BCUT2D eigenvalue weighted by Gasteiger charge is 2.31. The topological polar surface area (TPSA) is 55.6 Å². The number of hydrogen-bond acceptors (Lipinski definition) is 4. The number of anilines is 1. The van der Waals surface area contributed by atoms with E-state index >= 15 is 0 Å². The molecule has 0 amide bonds. The Morgan fingerprint density at radius 2 is 1.65 bits per heavy atom. The summed E-state index contributed by atoms with van der Waals surface area (Å²) in [5.41, 5.74) is 2.01. The first-order valence-electron chi connectivity index (χ1n) is 8.23. The van der Waals surface area contributed by atoms with E-state index in [0.717, 1.165) is 38.0 Å². The van der Waals surface area contributed by atoms with Crippen molar-refractivity contribution in [1.29, 1.82) is 0 Å². The average molecular weight is 366 g/mol. The standard InChI is InChI=1S/C18H17F3N2O3/c19-18(20,21)26-15-7-4-13(5-8-15)16-12-14(23(24)25)6-9-17(16)22-10-2-1-3-11-22/h4-9,12H,1-3,10-11H2. The van der Waals surface area contributed by atoms with Gasteiger partial charge in [0.15, 0.2) is 0 Å². The minimum atomic E-state index is -4.76. The van der Waals surface area contributed by atoms with Crippen LogP contribution < -0.4 is 9.64 Å². The van der Waals surface area contributed by atoms with Crippen molar-refractivity contribution in [3.63, 3.8) is 0 Å². The molecule has 1 saturated heterocycles. The molecule has 5 nitrogen and oxygen atoms in total. The number of halogens is 3. The summed E-state index contributed by atoms with van der Waals surface area (Å²) in [6.07, 6.45) is -1.54. The van der Waals surface area contributed by atoms with Gasteiger partial charge in [0.2, 0.25) is 0 Å². The molecule has 0 spiro atoms. The van der Waals surface area contributed by atoms with Gasteiger partial charge in [-0.05, 0) is 43.0 Å². The zero-order valence-electron chi connectivity index (χ0n) is 13.8. The number of benzene rings is 2. The highest BCUT2D eigenvalue weighted by atomic mass is 19.4. The van der Waals surface area contributed by atoms with Crippen LogP contribution >= 0.6 is 0 Å². The molecule has 0 saturated carbocycles. The van der Waals surface area contributed by atoms with Crippen molar-refractivity contribution in [2.24, 2.45) is 0 Å². The van der Waals surface area contributed by atoms with Crippen molar-refractivity contribution in [3.8, 4) is 16.9 Å². The Bertz CT molecular complexity index is 785. The summed E-state index contributed by atoms with van der Waals surface area (Å²) in [7, 11) is 0. The van der Waals surface area contributed by atoms with Crippen LogP contribution in [0.15, 0.2) is 42.5 Å². The van der Waals surface area contributed by atoms with E-state index in [-0.39, 0.29) is 11.4 Å². The molecular formula is C18H17F3N2O3.